The van der Waals surface area contributed by atoms with Crippen LogP contribution < -0.4 is 5.11 Å². The van der Waals surface area contributed by atoms with E-state index in [-0.39, 0.29) is 32.2 Å². The van der Waals surface area contributed by atoms with Crippen LogP contribution in [0.4, 0.5) is 0 Å². The average molecular weight is 1050 g/mol. The Hall–Kier alpha value is -1.71. The Morgan fingerprint density at radius 3 is 0.865 bits per heavy atom. The first-order chi connectivity index (χ1) is 36.1. The van der Waals surface area contributed by atoms with E-state index in [4.69, 9.17) is 18.9 Å². The van der Waals surface area contributed by atoms with Gasteiger partial charge in [-0.05, 0) is 12.8 Å². The molecule has 2 unspecified atom stereocenters. The molecule has 2 atom stereocenters. The van der Waals surface area contributed by atoms with Crippen molar-refractivity contribution in [3.05, 3.63) is 0 Å². The zero-order valence-electron chi connectivity index (χ0n) is 50.3. The summed E-state index contributed by atoms with van der Waals surface area (Å²) < 4.78 is 22.8. The second-order valence-corrected chi connectivity index (χ2v) is 23.8. The Balaban J connectivity index is 4.10. The third-order valence-corrected chi connectivity index (χ3v) is 15.1. The number of carboxylic acids is 1. The van der Waals surface area contributed by atoms with Crippen LogP contribution in [0.25, 0.3) is 0 Å². The van der Waals surface area contributed by atoms with Crippen molar-refractivity contribution in [1.82, 2.24) is 0 Å². The van der Waals surface area contributed by atoms with Gasteiger partial charge in [-0.3, -0.25) is 9.59 Å². The van der Waals surface area contributed by atoms with E-state index < -0.39 is 24.3 Å². The maximum absolute atomic E-state index is 12.9. The number of likely N-dealkylation sites (N-methyl/N-ethyl adjacent to an activating group) is 1. The predicted octanol–water partition coefficient (Wildman–Crippen LogP) is 18.2. The van der Waals surface area contributed by atoms with Crippen molar-refractivity contribution in [2.45, 2.75) is 354 Å². The zero-order valence-corrected chi connectivity index (χ0v) is 50.3. The lowest BCUT2D eigenvalue weighted by atomic mass is 10.0. The first kappa shape index (κ1) is 72.3. The molecule has 0 fully saturated rings. The Morgan fingerprint density at radius 2 is 0.608 bits per heavy atom. The van der Waals surface area contributed by atoms with Gasteiger partial charge in [0.05, 0.1) is 40.3 Å². The van der Waals surface area contributed by atoms with Crippen molar-refractivity contribution in [2.75, 3.05) is 47.5 Å². The molecule has 0 amide bonds. The van der Waals surface area contributed by atoms with E-state index in [1.807, 2.05) is 21.1 Å². The summed E-state index contributed by atoms with van der Waals surface area (Å²) in [4.78, 5) is 37.4. The standard InChI is InChI=1S/C65H127NO8/c1-6-8-10-12-14-16-18-20-22-24-26-28-30-32-34-36-38-40-42-44-46-48-50-52-54-56-63(68)74-61(60-73-65(64(69)70)71-58-57-66(3,4)5)59-72-62(67)55-53-51-49-47-45-43-41-39-37-35-33-31-29-27-25-23-21-19-17-15-13-11-9-7-2/h61,65H,6-60H2,1-5H3. The lowest BCUT2D eigenvalue weighted by molar-refractivity contribution is -0.870. The van der Waals surface area contributed by atoms with Crippen LogP contribution >= 0.6 is 0 Å². The van der Waals surface area contributed by atoms with Gasteiger partial charge in [-0.2, -0.15) is 0 Å². The van der Waals surface area contributed by atoms with E-state index in [9.17, 15) is 19.5 Å². The van der Waals surface area contributed by atoms with E-state index in [2.05, 4.69) is 13.8 Å². The molecular weight excluding hydrogens is 923 g/mol. The van der Waals surface area contributed by atoms with Crippen LogP contribution in [0.2, 0.25) is 0 Å². The number of carboxylic acid groups (broad SMARTS) is 1. The summed E-state index contributed by atoms with van der Waals surface area (Å²) >= 11 is 0. The highest BCUT2D eigenvalue weighted by atomic mass is 16.7. The van der Waals surface area contributed by atoms with Crippen LogP contribution in [0, 0.1) is 0 Å². The van der Waals surface area contributed by atoms with E-state index in [1.165, 1.54) is 276 Å². The maximum Gasteiger partial charge on any atom is 0.306 e. The fourth-order valence-corrected chi connectivity index (χ4v) is 10.1. The minimum absolute atomic E-state index is 0.154. The number of unbranched alkanes of at least 4 members (excludes halogenated alkanes) is 47. The molecule has 0 saturated carbocycles. The van der Waals surface area contributed by atoms with Crippen LogP contribution in [-0.4, -0.2) is 82.3 Å². The summed E-state index contributed by atoms with van der Waals surface area (Å²) in [5.41, 5.74) is 0. The zero-order chi connectivity index (χ0) is 54.1. The highest BCUT2D eigenvalue weighted by Gasteiger charge is 2.22. The van der Waals surface area contributed by atoms with E-state index in [1.54, 1.807) is 0 Å². The Morgan fingerprint density at radius 1 is 0.351 bits per heavy atom. The van der Waals surface area contributed by atoms with Gasteiger partial charge in [-0.1, -0.05) is 316 Å². The van der Waals surface area contributed by atoms with Crippen LogP contribution in [0.15, 0.2) is 0 Å². The monoisotopic (exact) mass is 1050 g/mol. The molecule has 0 aromatic carbocycles. The normalized spacial score (nSPS) is 12.6. The first-order valence-electron chi connectivity index (χ1n) is 32.7. The van der Waals surface area contributed by atoms with Crippen LogP contribution in [-0.2, 0) is 33.3 Å². The first-order valence-corrected chi connectivity index (χ1v) is 32.7. The van der Waals surface area contributed by atoms with Crippen molar-refractivity contribution >= 4 is 17.9 Å². The summed E-state index contributed by atoms with van der Waals surface area (Å²) in [6, 6.07) is 0. The quantitative estimate of drug-likeness (QED) is 0.0256. The SMILES string of the molecule is CCCCCCCCCCCCCCCCCCCCCCCCCCCC(=O)OC(COC(=O)CCCCCCCCCCCCCCCCCCCCCCCCCC)COC(OCC[N+](C)(C)C)C(=O)[O-]. The van der Waals surface area contributed by atoms with E-state index in [0.717, 1.165) is 38.5 Å². The molecule has 0 N–H and O–H groups in total. The van der Waals surface area contributed by atoms with Gasteiger partial charge in [0.2, 0.25) is 0 Å². The number of ether oxygens (including phenoxy) is 4. The second kappa shape index (κ2) is 57.5. The van der Waals surface area contributed by atoms with Crippen molar-refractivity contribution < 1.29 is 42.9 Å². The van der Waals surface area contributed by atoms with Crippen molar-refractivity contribution in [2.24, 2.45) is 0 Å². The van der Waals surface area contributed by atoms with Crippen LogP contribution in [0.1, 0.15) is 341 Å². The fourth-order valence-electron chi connectivity index (χ4n) is 10.1. The highest BCUT2D eigenvalue weighted by molar-refractivity contribution is 5.70. The molecule has 0 rings (SSSR count). The minimum Gasteiger partial charge on any atom is -0.545 e. The predicted molar refractivity (Wildman–Crippen MR) is 311 cm³/mol. The number of carbonyl (C=O) groups excluding carboxylic acids is 3. The molecule has 0 aliphatic rings. The summed E-state index contributed by atoms with van der Waals surface area (Å²) in [5, 5.41) is 11.8. The molecule has 0 radical (unpaired) electrons. The number of nitrogens with zero attached hydrogens (tertiary/aromatic N) is 1. The number of rotatable bonds is 62. The van der Waals surface area contributed by atoms with Gasteiger partial charge in [0.1, 0.15) is 13.2 Å². The number of aliphatic carboxylic acids is 1. The molecular formula is C65H127NO8. The number of esters is 2. The Bertz CT molecular complexity index is 1180. The Kier molecular flexibility index (Phi) is 56.1. The summed E-state index contributed by atoms with van der Waals surface area (Å²) in [6.45, 7) is 4.84. The van der Waals surface area contributed by atoms with Gasteiger partial charge in [0.25, 0.3) is 0 Å². The molecule has 0 saturated heterocycles. The van der Waals surface area contributed by atoms with Gasteiger partial charge < -0.3 is 33.3 Å². The molecule has 0 heterocycles. The molecule has 0 aromatic rings. The smallest absolute Gasteiger partial charge is 0.306 e. The molecule has 74 heavy (non-hydrogen) atoms. The highest BCUT2D eigenvalue weighted by Crippen LogP contribution is 2.19. The molecule has 440 valence electrons. The summed E-state index contributed by atoms with van der Waals surface area (Å²) in [6.07, 6.45) is 63.1. The average Bonchev–Trinajstić information content (AvgIpc) is 3.37. The molecule has 9 heteroatoms. The summed E-state index contributed by atoms with van der Waals surface area (Å²) in [5.74, 6) is -2.25. The number of quaternary nitrogens is 1. The third kappa shape index (κ3) is 58.0. The van der Waals surface area contributed by atoms with Gasteiger partial charge in [0.15, 0.2) is 12.4 Å². The van der Waals surface area contributed by atoms with Crippen LogP contribution in [0.3, 0.4) is 0 Å². The van der Waals surface area contributed by atoms with Crippen molar-refractivity contribution in [3.8, 4) is 0 Å². The number of hydrogen-bond donors (Lipinski definition) is 0. The number of hydrogen-bond acceptors (Lipinski definition) is 8. The third-order valence-electron chi connectivity index (χ3n) is 15.1. The second-order valence-electron chi connectivity index (χ2n) is 23.8. The molecule has 9 nitrogen and oxygen atoms in total. The largest absolute Gasteiger partial charge is 0.545 e. The molecule has 0 aromatic heterocycles. The molecule has 0 spiro atoms. The van der Waals surface area contributed by atoms with Gasteiger partial charge in [0, 0.05) is 12.8 Å². The van der Waals surface area contributed by atoms with Gasteiger partial charge in [-0.25, -0.2) is 0 Å². The lowest BCUT2D eigenvalue weighted by Crippen LogP contribution is -2.44. The Labute approximate surface area is 460 Å². The maximum atomic E-state index is 12.9. The van der Waals surface area contributed by atoms with Crippen molar-refractivity contribution in [3.63, 3.8) is 0 Å². The van der Waals surface area contributed by atoms with Gasteiger partial charge in [-0.15, -0.1) is 0 Å². The molecule has 0 aliphatic heterocycles. The summed E-state index contributed by atoms with van der Waals surface area (Å²) in [7, 11) is 5.94. The van der Waals surface area contributed by atoms with Crippen LogP contribution in [0.5, 0.6) is 0 Å². The van der Waals surface area contributed by atoms with Gasteiger partial charge >= 0.3 is 11.9 Å². The van der Waals surface area contributed by atoms with E-state index >= 15 is 0 Å². The van der Waals surface area contributed by atoms with E-state index in [0.29, 0.717) is 17.4 Å². The molecule has 0 aliphatic carbocycles. The van der Waals surface area contributed by atoms with Crippen molar-refractivity contribution in [1.29, 1.82) is 0 Å². The topological polar surface area (TPSA) is 111 Å². The lowest BCUT2D eigenvalue weighted by Gasteiger charge is -2.26. The molecule has 0 bridgehead atoms. The fraction of sp³-hybridized carbons (Fsp3) is 0.954. The minimum atomic E-state index is -1.61. The number of carbonyl (C=O) groups is 3.